The van der Waals surface area contributed by atoms with E-state index in [1.165, 1.54) is 15.3 Å². The molecule has 0 atom stereocenters. The lowest BCUT2D eigenvalue weighted by atomic mass is 10.2. The van der Waals surface area contributed by atoms with E-state index in [2.05, 4.69) is 28.2 Å². The molecule has 1 aromatic carbocycles. The molecular weight excluding hydrogens is 404 g/mol. The molecule has 1 amide bonds. The number of thiophene rings is 1. The average molecular weight is 429 g/mol. The Morgan fingerprint density at radius 3 is 2.72 bits per heavy atom. The van der Waals surface area contributed by atoms with Crippen LogP contribution in [-0.2, 0) is 17.9 Å². The predicted octanol–water partition coefficient (Wildman–Crippen LogP) is 4.39. The summed E-state index contributed by atoms with van der Waals surface area (Å²) in [7, 11) is 0. The molecule has 3 aromatic rings. The first kappa shape index (κ1) is 20.1. The quantitative estimate of drug-likeness (QED) is 0.560. The molecule has 2 aromatic heterocycles. The summed E-state index contributed by atoms with van der Waals surface area (Å²) in [5.41, 5.74) is 1.17. The van der Waals surface area contributed by atoms with E-state index in [4.69, 9.17) is 11.6 Å². The number of rotatable bonds is 7. The third-order valence-corrected chi connectivity index (χ3v) is 6.57. The van der Waals surface area contributed by atoms with Gasteiger partial charge in [0, 0.05) is 72.9 Å². The van der Waals surface area contributed by atoms with Crippen LogP contribution in [0.4, 0.5) is 0 Å². The van der Waals surface area contributed by atoms with Gasteiger partial charge in [0.05, 0.1) is 0 Å². The Morgan fingerprint density at radius 2 is 1.97 bits per heavy atom. The fourth-order valence-corrected chi connectivity index (χ4v) is 4.86. The second-order valence-corrected chi connectivity index (χ2v) is 8.91. The number of piperazine rings is 1. The van der Waals surface area contributed by atoms with Crippen LogP contribution < -0.4 is 0 Å². The van der Waals surface area contributed by atoms with Crippen LogP contribution in [0.2, 0.25) is 5.02 Å². The molecule has 7 heteroatoms. The van der Waals surface area contributed by atoms with Crippen molar-refractivity contribution in [2.24, 2.45) is 0 Å². The summed E-state index contributed by atoms with van der Waals surface area (Å²) in [4.78, 5) is 19.5. The Labute approximate surface area is 180 Å². The van der Waals surface area contributed by atoms with Gasteiger partial charge in [-0.2, -0.15) is 5.10 Å². The highest BCUT2D eigenvalue weighted by Gasteiger charge is 2.21. The number of amides is 1. The number of hydrogen-bond acceptors (Lipinski definition) is 4. The molecule has 3 heterocycles. The van der Waals surface area contributed by atoms with Crippen LogP contribution in [0.25, 0.3) is 10.4 Å². The normalized spacial score (nSPS) is 15.0. The zero-order chi connectivity index (χ0) is 20.1. The minimum Gasteiger partial charge on any atom is -0.340 e. The third-order valence-electron chi connectivity index (χ3n) is 5.21. The number of nitrogens with zero attached hydrogens (tertiary/aromatic N) is 4. The van der Waals surface area contributed by atoms with Crippen molar-refractivity contribution < 1.29 is 4.79 Å². The highest BCUT2D eigenvalue weighted by Crippen LogP contribution is 2.30. The third kappa shape index (κ3) is 5.47. The second kappa shape index (κ2) is 9.57. The lowest BCUT2D eigenvalue weighted by Crippen LogP contribution is -2.48. The van der Waals surface area contributed by atoms with E-state index >= 15 is 0 Å². The second-order valence-electron chi connectivity index (χ2n) is 7.31. The highest BCUT2D eigenvalue weighted by molar-refractivity contribution is 7.15. The standard InChI is InChI=1S/C22H25ClN4OS/c23-19-5-1-4-18(16-19)21-8-7-20(29-21)17-25-12-14-26(15-13-25)22(28)6-2-10-27-11-3-9-24-27/h1,3-5,7-9,11,16H,2,6,10,12-15,17H2. The number of benzene rings is 1. The molecular formula is C22H25ClN4OS. The average Bonchev–Trinajstić information content (AvgIpc) is 3.41. The Bertz CT molecular complexity index is 932. The van der Waals surface area contributed by atoms with Gasteiger partial charge in [-0.15, -0.1) is 11.3 Å². The summed E-state index contributed by atoms with van der Waals surface area (Å²) in [5, 5.41) is 4.95. The first-order chi connectivity index (χ1) is 14.2. The first-order valence-electron chi connectivity index (χ1n) is 9.99. The van der Waals surface area contributed by atoms with Gasteiger partial charge in [0.25, 0.3) is 0 Å². The van der Waals surface area contributed by atoms with E-state index in [9.17, 15) is 4.79 Å². The molecule has 0 unspecified atom stereocenters. The summed E-state index contributed by atoms with van der Waals surface area (Å²) in [6.07, 6.45) is 5.13. The minimum absolute atomic E-state index is 0.260. The van der Waals surface area contributed by atoms with Crippen LogP contribution >= 0.6 is 22.9 Å². The van der Waals surface area contributed by atoms with Gasteiger partial charge in [0.15, 0.2) is 0 Å². The molecule has 0 N–H and O–H groups in total. The minimum atomic E-state index is 0.260. The molecule has 0 saturated carbocycles. The van der Waals surface area contributed by atoms with Gasteiger partial charge >= 0.3 is 0 Å². The van der Waals surface area contributed by atoms with Crippen LogP contribution in [0.1, 0.15) is 17.7 Å². The Morgan fingerprint density at radius 1 is 1.10 bits per heavy atom. The van der Waals surface area contributed by atoms with Crippen molar-refractivity contribution in [1.29, 1.82) is 0 Å². The van der Waals surface area contributed by atoms with Gasteiger partial charge in [-0.1, -0.05) is 23.7 Å². The van der Waals surface area contributed by atoms with E-state index in [1.807, 2.05) is 51.4 Å². The number of aromatic nitrogens is 2. The van der Waals surface area contributed by atoms with Crippen LogP contribution in [0, 0.1) is 0 Å². The zero-order valence-electron chi connectivity index (χ0n) is 16.3. The summed E-state index contributed by atoms with van der Waals surface area (Å²) < 4.78 is 1.88. The topological polar surface area (TPSA) is 41.4 Å². The SMILES string of the molecule is O=C(CCCn1cccn1)N1CCN(Cc2ccc(-c3cccc(Cl)c3)s2)CC1. The molecule has 1 aliphatic rings. The maximum Gasteiger partial charge on any atom is 0.222 e. The zero-order valence-corrected chi connectivity index (χ0v) is 17.9. The molecule has 1 saturated heterocycles. The predicted molar refractivity (Wildman–Crippen MR) is 118 cm³/mol. The highest BCUT2D eigenvalue weighted by atomic mass is 35.5. The van der Waals surface area contributed by atoms with Crippen LogP contribution in [-0.4, -0.2) is 51.7 Å². The lowest BCUT2D eigenvalue weighted by molar-refractivity contribution is -0.133. The maximum absolute atomic E-state index is 12.4. The molecule has 1 aliphatic heterocycles. The van der Waals surface area contributed by atoms with Crippen LogP contribution in [0.3, 0.4) is 0 Å². The van der Waals surface area contributed by atoms with Crippen LogP contribution in [0.5, 0.6) is 0 Å². The summed E-state index contributed by atoms with van der Waals surface area (Å²) >= 11 is 7.93. The maximum atomic E-state index is 12.4. The van der Waals surface area contributed by atoms with Crippen molar-refractivity contribution in [3.8, 4) is 10.4 Å². The van der Waals surface area contributed by atoms with Gasteiger partial charge in [-0.05, 0) is 42.3 Å². The Balaban J connectivity index is 1.22. The Kier molecular flexibility index (Phi) is 6.64. The van der Waals surface area contributed by atoms with E-state index < -0.39 is 0 Å². The van der Waals surface area contributed by atoms with Crippen molar-refractivity contribution in [1.82, 2.24) is 19.6 Å². The largest absolute Gasteiger partial charge is 0.340 e. The molecule has 4 rings (SSSR count). The summed E-state index contributed by atoms with van der Waals surface area (Å²) in [5.74, 6) is 0.260. The van der Waals surface area contributed by atoms with Crippen molar-refractivity contribution in [3.05, 3.63) is 64.8 Å². The van der Waals surface area contributed by atoms with Crippen molar-refractivity contribution in [2.75, 3.05) is 26.2 Å². The smallest absolute Gasteiger partial charge is 0.222 e. The molecule has 0 aliphatic carbocycles. The number of hydrogen-bond donors (Lipinski definition) is 0. The summed E-state index contributed by atoms with van der Waals surface area (Å²) in [6.45, 7) is 5.21. The number of aryl methyl sites for hydroxylation is 1. The molecule has 0 spiro atoms. The van der Waals surface area contributed by atoms with Gasteiger partial charge in [0.2, 0.25) is 5.91 Å². The van der Waals surface area contributed by atoms with Gasteiger partial charge in [-0.25, -0.2) is 0 Å². The van der Waals surface area contributed by atoms with E-state index in [-0.39, 0.29) is 5.91 Å². The van der Waals surface area contributed by atoms with Gasteiger partial charge in [-0.3, -0.25) is 14.4 Å². The number of halogens is 1. The first-order valence-corrected chi connectivity index (χ1v) is 11.2. The molecule has 0 bridgehead atoms. The Hall–Kier alpha value is -2.15. The van der Waals surface area contributed by atoms with Gasteiger partial charge in [0.1, 0.15) is 0 Å². The van der Waals surface area contributed by atoms with E-state index in [0.29, 0.717) is 6.42 Å². The van der Waals surface area contributed by atoms with Crippen molar-refractivity contribution in [3.63, 3.8) is 0 Å². The molecule has 1 fully saturated rings. The van der Waals surface area contributed by atoms with Crippen molar-refractivity contribution >= 4 is 28.8 Å². The van der Waals surface area contributed by atoms with Crippen LogP contribution in [0.15, 0.2) is 54.9 Å². The molecule has 152 valence electrons. The van der Waals surface area contributed by atoms with E-state index in [0.717, 1.165) is 50.7 Å². The lowest BCUT2D eigenvalue weighted by Gasteiger charge is -2.34. The molecule has 0 radical (unpaired) electrons. The monoisotopic (exact) mass is 428 g/mol. The number of carbonyl (C=O) groups excluding carboxylic acids is 1. The van der Waals surface area contributed by atoms with E-state index in [1.54, 1.807) is 6.20 Å². The molecule has 5 nitrogen and oxygen atoms in total. The molecule has 29 heavy (non-hydrogen) atoms. The van der Waals surface area contributed by atoms with Gasteiger partial charge < -0.3 is 4.90 Å². The number of carbonyl (C=O) groups is 1. The van der Waals surface area contributed by atoms with Crippen molar-refractivity contribution in [2.45, 2.75) is 25.9 Å². The summed E-state index contributed by atoms with van der Waals surface area (Å²) in [6, 6.07) is 14.3. The fourth-order valence-electron chi connectivity index (χ4n) is 3.62. The fraction of sp³-hybridized carbons (Fsp3) is 0.364.